The molecule has 16 heteroatoms. The van der Waals surface area contributed by atoms with Crippen LogP contribution in [0.5, 0.6) is 0 Å². The third-order valence-corrected chi connectivity index (χ3v) is 14.7. The number of halogens is 1. The number of aromatic nitrogens is 2. The quantitative estimate of drug-likeness (QED) is 0.0555. The van der Waals surface area contributed by atoms with Crippen molar-refractivity contribution in [2.75, 3.05) is 86.3 Å². The van der Waals surface area contributed by atoms with Crippen molar-refractivity contribution in [1.82, 2.24) is 19.8 Å². The van der Waals surface area contributed by atoms with Crippen LogP contribution in [0.3, 0.4) is 0 Å². The van der Waals surface area contributed by atoms with Gasteiger partial charge < -0.3 is 15.0 Å². The van der Waals surface area contributed by atoms with Crippen LogP contribution in [0.4, 0.5) is 22.9 Å². The van der Waals surface area contributed by atoms with E-state index in [1.807, 2.05) is 60.7 Å². The van der Waals surface area contributed by atoms with Gasteiger partial charge in [-0.05, 0) is 97.8 Å². The lowest BCUT2D eigenvalue weighted by Gasteiger charge is -2.37. The summed E-state index contributed by atoms with van der Waals surface area (Å²) in [6, 6.07) is 27.9. The highest BCUT2D eigenvalue weighted by Gasteiger charge is 2.26. The van der Waals surface area contributed by atoms with Gasteiger partial charge in [-0.15, -0.1) is 11.8 Å². The lowest BCUT2D eigenvalue weighted by atomic mass is 9.95. The summed E-state index contributed by atoms with van der Waals surface area (Å²) < 4.78 is 35.8. The maximum atomic E-state index is 13.9. The fourth-order valence-corrected chi connectivity index (χ4v) is 10.7. The van der Waals surface area contributed by atoms with E-state index in [-0.39, 0.29) is 28.1 Å². The van der Waals surface area contributed by atoms with Gasteiger partial charge in [0.05, 0.1) is 28.5 Å². The van der Waals surface area contributed by atoms with E-state index in [0.717, 1.165) is 93.3 Å². The van der Waals surface area contributed by atoms with Gasteiger partial charge in [0.25, 0.3) is 15.7 Å². The zero-order valence-corrected chi connectivity index (χ0v) is 37.1. The van der Waals surface area contributed by atoms with Crippen molar-refractivity contribution in [1.29, 1.82) is 0 Å². The molecule has 0 radical (unpaired) electrons. The van der Waals surface area contributed by atoms with Gasteiger partial charge in [0, 0.05) is 91.2 Å². The first-order valence-corrected chi connectivity index (χ1v) is 24.3. The number of morpholine rings is 1. The molecule has 326 valence electrons. The Kier molecular flexibility index (Phi) is 14.6. The van der Waals surface area contributed by atoms with Gasteiger partial charge >= 0.3 is 0 Å². The summed E-state index contributed by atoms with van der Waals surface area (Å²) in [5, 5.41) is 17.1. The average molecular weight is 898 g/mol. The summed E-state index contributed by atoms with van der Waals surface area (Å²) in [6.07, 6.45) is 7.98. The molecule has 0 amide bonds. The normalized spacial score (nSPS) is 17.5. The molecule has 1 unspecified atom stereocenters. The van der Waals surface area contributed by atoms with Gasteiger partial charge in [0.15, 0.2) is 5.82 Å². The summed E-state index contributed by atoms with van der Waals surface area (Å²) in [6.45, 7) is 8.36. The Bertz CT molecular complexity index is 2460. The molecule has 2 aliphatic heterocycles. The number of thioether (sulfide) groups is 1. The van der Waals surface area contributed by atoms with Crippen molar-refractivity contribution in [3.05, 3.63) is 124 Å². The Balaban J connectivity index is 0.934. The molecule has 8 rings (SSSR count). The molecule has 4 aromatic carbocycles. The summed E-state index contributed by atoms with van der Waals surface area (Å²) in [7, 11) is -4.27. The van der Waals surface area contributed by atoms with E-state index in [1.165, 1.54) is 54.4 Å². The Morgan fingerprint density at radius 3 is 2.40 bits per heavy atom. The summed E-state index contributed by atoms with van der Waals surface area (Å²) >= 11 is 7.88. The topological polar surface area (TPSA) is 146 Å². The zero-order chi connectivity index (χ0) is 42.9. The van der Waals surface area contributed by atoms with E-state index in [0.29, 0.717) is 29.9 Å². The van der Waals surface area contributed by atoms with E-state index in [1.54, 1.807) is 11.8 Å². The molecule has 1 aliphatic carbocycles. The molecule has 2 saturated heterocycles. The molecule has 5 aromatic rings. The van der Waals surface area contributed by atoms with Crippen LogP contribution < -0.4 is 14.9 Å². The minimum atomic E-state index is -4.27. The molecular weight excluding hydrogens is 844 g/mol. The second-order valence-corrected chi connectivity index (χ2v) is 19.3. The SMILES string of the molecule is O=[N+]([O-])c1cc(S(=O)(=O)Nc2ncnc3cc(N4CCN(CC5=C(c6ccc(Cl)cc6)CCCCC5)CC4)ccc23)ccc1NC(CCN1CCOCC1)CSc1ccccc1. The van der Waals surface area contributed by atoms with E-state index < -0.39 is 14.9 Å². The molecule has 0 spiro atoms. The molecule has 62 heavy (non-hydrogen) atoms. The Hall–Kier alpha value is -4.77. The number of fused-ring (bicyclic) bond motifs is 1. The molecular formula is C46H53ClN8O5S2. The van der Waals surface area contributed by atoms with Crippen LogP contribution in [0, 0.1) is 10.1 Å². The summed E-state index contributed by atoms with van der Waals surface area (Å²) in [4.78, 5) is 28.8. The van der Waals surface area contributed by atoms with Crippen LogP contribution in [0.15, 0.2) is 113 Å². The average Bonchev–Trinajstić information content (AvgIpc) is 3.53. The largest absolute Gasteiger partial charge is 0.379 e. The van der Waals surface area contributed by atoms with Crippen molar-refractivity contribution >= 4 is 72.7 Å². The lowest BCUT2D eigenvalue weighted by molar-refractivity contribution is -0.384. The Morgan fingerprint density at radius 1 is 0.855 bits per heavy atom. The van der Waals surface area contributed by atoms with Crippen molar-refractivity contribution in [2.45, 2.75) is 54.4 Å². The number of hydrogen-bond donors (Lipinski definition) is 2. The second-order valence-electron chi connectivity index (χ2n) is 16.1. The number of nitrogens with zero attached hydrogens (tertiary/aromatic N) is 6. The first kappa shape index (κ1) is 43.9. The first-order chi connectivity index (χ1) is 30.2. The monoisotopic (exact) mass is 896 g/mol. The Morgan fingerprint density at radius 2 is 1.63 bits per heavy atom. The fourth-order valence-electron chi connectivity index (χ4n) is 8.51. The standard InChI is InChI=1S/C46H53ClN8O5S2/c47-36-13-11-34(12-14-36)41-10-6-1-3-7-35(41)31-53-21-23-54(24-22-53)38-15-17-42-44(29-38)48-33-49-46(42)51-62(58,59)40-16-18-43(45(30-40)55(56)57)50-37(19-20-52-25-27-60-28-26-52)32-61-39-8-4-2-5-9-39/h2,4-5,8-9,11-18,29-30,33,37,50H,1,3,6-7,10,19-28,31-32H2,(H,48,49,51). The maximum absolute atomic E-state index is 13.9. The molecule has 1 atom stereocenters. The first-order valence-electron chi connectivity index (χ1n) is 21.4. The van der Waals surface area contributed by atoms with Crippen LogP contribution in [0.2, 0.25) is 5.02 Å². The van der Waals surface area contributed by atoms with Gasteiger partial charge in [0.1, 0.15) is 12.0 Å². The predicted octanol–water partition coefficient (Wildman–Crippen LogP) is 8.83. The number of rotatable bonds is 16. The molecule has 2 N–H and O–H groups in total. The molecule has 3 heterocycles. The van der Waals surface area contributed by atoms with Gasteiger partial charge in [0.2, 0.25) is 0 Å². The molecule has 0 bridgehead atoms. The highest BCUT2D eigenvalue weighted by molar-refractivity contribution is 7.99. The summed E-state index contributed by atoms with van der Waals surface area (Å²) in [5.74, 6) is 0.766. The minimum absolute atomic E-state index is 0.102. The van der Waals surface area contributed by atoms with Crippen LogP contribution in [0.25, 0.3) is 16.5 Å². The van der Waals surface area contributed by atoms with Gasteiger partial charge in [-0.2, -0.15) is 0 Å². The lowest BCUT2D eigenvalue weighted by Crippen LogP contribution is -2.47. The van der Waals surface area contributed by atoms with Crippen molar-refractivity contribution in [3.63, 3.8) is 0 Å². The van der Waals surface area contributed by atoms with Crippen LogP contribution in [-0.4, -0.2) is 110 Å². The second kappa shape index (κ2) is 20.6. The highest BCUT2D eigenvalue weighted by Crippen LogP contribution is 2.35. The molecule has 13 nitrogen and oxygen atoms in total. The minimum Gasteiger partial charge on any atom is -0.379 e. The predicted molar refractivity (Wildman–Crippen MR) is 250 cm³/mol. The van der Waals surface area contributed by atoms with Crippen molar-refractivity contribution < 1.29 is 18.1 Å². The summed E-state index contributed by atoms with van der Waals surface area (Å²) in [5.41, 5.74) is 5.84. The highest BCUT2D eigenvalue weighted by atomic mass is 35.5. The number of piperazine rings is 1. The number of nitrogens with one attached hydrogen (secondary N) is 2. The number of nitro groups is 1. The van der Waals surface area contributed by atoms with Gasteiger partial charge in [-0.3, -0.25) is 24.6 Å². The van der Waals surface area contributed by atoms with Crippen LogP contribution in [0.1, 0.15) is 44.1 Å². The van der Waals surface area contributed by atoms with Gasteiger partial charge in [-0.25, -0.2) is 18.4 Å². The zero-order valence-electron chi connectivity index (χ0n) is 34.8. The van der Waals surface area contributed by atoms with E-state index in [2.05, 4.69) is 46.8 Å². The number of ether oxygens (including phenoxy) is 1. The van der Waals surface area contributed by atoms with Crippen molar-refractivity contribution in [2.24, 2.45) is 0 Å². The number of nitro benzene ring substituents is 1. The number of allylic oxidation sites excluding steroid dienone is 1. The van der Waals surface area contributed by atoms with Gasteiger partial charge in [-0.1, -0.05) is 53.9 Å². The molecule has 2 fully saturated rings. The molecule has 1 aromatic heterocycles. The van der Waals surface area contributed by atoms with E-state index >= 15 is 0 Å². The number of sulfonamides is 1. The maximum Gasteiger partial charge on any atom is 0.293 e. The molecule has 3 aliphatic rings. The van der Waals surface area contributed by atoms with Crippen molar-refractivity contribution in [3.8, 4) is 0 Å². The number of anilines is 3. The van der Waals surface area contributed by atoms with E-state index in [4.69, 9.17) is 16.3 Å². The fraction of sp³-hybridized carbons (Fsp3) is 0.391. The third-order valence-electron chi connectivity index (χ3n) is 12.0. The van der Waals surface area contributed by atoms with Crippen LogP contribution >= 0.6 is 23.4 Å². The molecule has 0 saturated carbocycles. The number of benzene rings is 4. The van der Waals surface area contributed by atoms with Crippen LogP contribution in [-0.2, 0) is 14.8 Å². The van der Waals surface area contributed by atoms with E-state index in [9.17, 15) is 18.5 Å². The number of hydrogen-bond acceptors (Lipinski definition) is 12. The Labute approximate surface area is 373 Å². The third kappa shape index (κ3) is 11.2. The smallest absolute Gasteiger partial charge is 0.293 e.